The maximum Gasteiger partial charge on any atom is 0.190 e. The van der Waals surface area contributed by atoms with Crippen molar-refractivity contribution >= 4 is 56.0 Å². The van der Waals surface area contributed by atoms with Crippen LogP contribution in [0.15, 0.2) is 51.2 Å². The molecule has 1 aromatic carbocycles. The van der Waals surface area contributed by atoms with Gasteiger partial charge in [-0.15, -0.1) is 11.8 Å². The Labute approximate surface area is 151 Å². The van der Waals surface area contributed by atoms with Gasteiger partial charge < -0.3 is 5.73 Å². The third-order valence-corrected chi connectivity index (χ3v) is 5.87. The maximum atomic E-state index is 5.91. The highest BCUT2D eigenvalue weighted by molar-refractivity contribution is 9.10. The Kier molecular flexibility index (Phi) is 5.40. The van der Waals surface area contributed by atoms with E-state index >= 15 is 0 Å². The van der Waals surface area contributed by atoms with E-state index in [-0.39, 0.29) is 0 Å². The van der Waals surface area contributed by atoms with Crippen molar-refractivity contribution in [2.24, 2.45) is 0 Å². The van der Waals surface area contributed by atoms with Gasteiger partial charge in [0.05, 0.1) is 4.47 Å². The van der Waals surface area contributed by atoms with E-state index in [4.69, 9.17) is 5.73 Å². The highest BCUT2D eigenvalue weighted by Gasteiger charge is 2.10. The zero-order chi connectivity index (χ0) is 16.2. The summed E-state index contributed by atoms with van der Waals surface area (Å²) in [4.78, 5) is 13.3. The van der Waals surface area contributed by atoms with Gasteiger partial charge in [-0.05, 0) is 40.1 Å². The minimum absolute atomic E-state index is 0.482. The van der Waals surface area contributed by atoms with E-state index in [2.05, 4.69) is 49.1 Å². The molecule has 0 bridgehead atoms. The SMILES string of the molecule is CSc1nc(SCCc2cc3ccccc3cn2)nc(N)c1Br. The van der Waals surface area contributed by atoms with Crippen LogP contribution in [0.4, 0.5) is 5.82 Å². The Morgan fingerprint density at radius 3 is 2.74 bits per heavy atom. The van der Waals surface area contributed by atoms with Crippen LogP contribution in [0.3, 0.4) is 0 Å². The van der Waals surface area contributed by atoms with E-state index in [0.29, 0.717) is 11.0 Å². The summed E-state index contributed by atoms with van der Waals surface area (Å²) in [6.07, 6.45) is 4.76. The van der Waals surface area contributed by atoms with Gasteiger partial charge in [0.15, 0.2) is 5.16 Å². The molecule has 0 amide bonds. The summed E-state index contributed by atoms with van der Waals surface area (Å²) in [5, 5.41) is 3.95. The second-order valence-corrected chi connectivity index (χ2v) is 7.49. The van der Waals surface area contributed by atoms with Gasteiger partial charge in [-0.2, -0.15) is 0 Å². The largest absolute Gasteiger partial charge is 0.383 e. The maximum absolute atomic E-state index is 5.91. The topological polar surface area (TPSA) is 64.7 Å². The molecule has 2 heterocycles. The van der Waals surface area contributed by atoms with Crippen molar-refractivity contribution in [2.45, 2.75) is 16.6 Å². The number of fused-ring (bicyclic) bond motifs is 1. The zero-order valence-corrected chi connectivity index (χ0v) is 15.7. The molecule has 7 heteroatoms. The van der Waals surface area contributed by atoms with E-state index in [1.165, 1.54) is 5.39 Å². The molecule has 0 saturated carbocycles. The summed E-state index contributed by atoms with van der Waals surface area (Å²) in [5.41, 5.74) is 6.98. The molecular formula is C16H15BrN4S2. The van der Waals surface area contributed by atoms with Gasteiger partial charge in [-0.1, -0.05) is 36.0 Å². The molecule has 2 N–H and O–H groups in total. The molecule has 23 heavy (non-hydrogen) atoms. The predicted octanol–water partition coefficient (Wildman–Crippen LogP) is 4.43. The smallest absolute Gasteiger partial charge is 0.190 e. The van der Waals surface area contributed by atoms with E-state index in [1.807, 2.05) is 24.6 Å². The lowest BCUT2D eigenvalue weighted by Gasteiger charge is -2.07. The first-order valence-corrected chi connectivity index (χ1v) is 10.0. The van der Waals surface area contributed by atoms with Gasteiger partial charge in [0, 0.05) is 23.0 Å². The van der Waals surface area contributed by atoms with Gasteiger partial charge in [0.2, 0.25) is 0 Å². The molecule has 0 spiro atoms. The van der Waals surface area contributed by atoms with Crippen LogP contribution in [0, 0.1) is 0 Å². The van der Waals surface area contributed by atoms with Gasteiger partial charge in [0.1, 0.15) is 10.8 Å². The average molecular weight is 407 g/mol. The average Bonchev–Trinajstić information content (AvgIpc) is 2.57. The van der Waals surface area contributed by atoms with Crippen LogP contribution in [0.1, 0.15) is 5.69 Å². The summed E-state index contributed by atoms with van der Waals surface area (Å²) >= 11 is 6.56. The molecule has 0 aliphatic carbocycles. The number of rotatable bonds is 5. The normalized spacial score (nSPS) is 11.0. The Balaban J connectivity index is 1.67. The summed E-state index contributed by atoms with van der Waals surface area (Å²) in [5.74, 6) is 1.34. The molecule has 0 aliphatic rings. The zero-order valence-electron chi connectivity index (χ0n) is 12.5. The van der Waals surface area contributed by atoms with Gasteiger partial charge in [-0.25, -0.2) is 9.97 Å². The van der Waals surface area contributed by atoms with Crippen molar-refractivity contribution in [3.63, 3.8) is 0 Å². The Morgan fingerprint density at radius 1 is 1.17 bits per heavy atom. The summed E-state index contributed by atoms with van der Waals surface area (Å²) in [6.45, 7) is 0. The van der Waals surface area contributed by atoms with Crippen molar-refractivity contribution in [3.8, 4) is 0 Å². The fraction of sp³-hybridized carbons (Fsp3) is 0.188. The molecule has 0 atom stereocenters. The molecule has 0 fully saturated rings. The van der Waals surface area contributed by atoms with Crippen LogP contribution in [-0.4, -0.2) is 27.0 Å². The van der Waals surface area contributed by atoms with E-state index in [9.17, 15) is 0 Å². The lowest BCUT2D eigenvalue weighted by molar-refractivity contribution is 0.886. The Bertz CT molecular complexity index is 841. The van der Waals surface area contributed by atoms with Crippen LogP contribution in [0.5, 0.6) is 0 Å². The molecule has 3 rings (SSSR count). The number of pyridine rings is 1. The molecule has 3 aromatic rings. The van der Waals surface area contributed by atoms with Crippen molar-refractivity contribution in [1.29, 1.82) is 0 Å². The molecule has 2 aromatic heterocycles. The third-order valence-electron chi connectivity index (χ3n) is 3.30. The highest BCUT2D eigenvalue weighted by Crippen LogP contribution is 2.30. The number of halogens is 1. The van der Waals surface area contributed by atoms with Crippen molar-refractivity contribution < 1.29 is 0 Å². The number of anilines is 1. The number of aromatic nitrogens is 3. The number of thioether (sulfide) groups is 2. The van der Waals surface area contributed by atoms with E-state index < -0.39 is 0 Å². The number of benzene rings is 1. The molecular weight excluding hydrogens is 392 g/mol. The summed E-state index contributed by atoms with van der Waals surface area (Å²) < 4.78 is 0.769. The number of nitrogen functional groups attached to an aromatic ring is 1. The lowest BCUT2D eigenvalue weighted by atomic mass is 10.1. The standard InChI is InChI=1S/C16H15BrN4S2/c1-22-15-13(17)14(18)20-16(21-15)23-7-6-12-8-10-4-2-3-5-11(10)9-19-12/h2-5,8-9H,6-7H2,1H3,(H2,18,20,21). The second kappa shape index (κ2) is 7.51. The number of hydrogen-bond acceptors (Lipinski definition) is 6. The third kappa shape index (κ3) is 3.97. The molecule has 118 valence electrons. The van der Waals surface area contributed by atoms with Crippen molar-refractivity contribution in [1.82, 2.24) is 15.0 Å². The molecule has 0 unspecified atom stereocenters. The highest BCUT2D eigenvalue weighted by atomic mass is 79.9. The number of nitrogens with zero attached hydrogens (tertiary/aromatic N) is 3. The van der Waals surface area contributed by atoms with Crippen LogP contribution in [-0.2, 0) is 6.42 Å². The molecule has 0 radical (unpaired) electrons. The molecule has 4 nitrogen and oxygen atoms in total. The van der Waals surface area contributed by atoms with E-state index in [1.54, 1.807) is 23.5 Å². The number of hydrogen-bond donors (Lipinski definition) is 1. The minimum Gasteiger partial charge on any atom is -0.383 e. The van der Waals surface area contributed by atoms with Gasteiger partial charge in [-0.3, -0.25) is 4.98 Å². The summed E-state index contributed by atoms with van der Waals surface area (Å²) in [6, 6.07) is 10.4. The van der Waals surface area contributed by atoms with Crippen LogP contribution in [0.2, 0.25) is 0 Å². The minimum atomic E-state index is 0.482. The lowest BCUT2D eigenvalue weighted by Crippen LogP contribution is -2.00. The number of nitrogens with two attached hydrogens (primary N) is 1. The van der Waals surface area contributed by atoms with Gasteiger partial charge >= 0.3 is 0 Å². The fourth-order valence-corrected chi connectivity index (χ4v) is 4.13. The molecule has 0 aliphatic heterocycles. The fourth-order valence-electron chi connectivity index (χ4n) is 2.14. The van der Waals surface area contributed by atoms with Crippen molar-refractivity contribution in [2.75, 3.05) is 17.7 Å². The second-order valence-electron chi connectivity index (χ2n) is 4.84. The van der Waals surface area contributed by atoms with Gasteiger partial charge in [0.25, 0.3) is 0 Å². The monoisotopic (exact) mass is 406 g/mol. The Morgan fingerprint density at radius 2 is 1.96 bits per heavy atom. The number of aryl methyl sites for hydroxylation is 1. The predicted molar refractivity (Wildman–Crippen MR) is 102 cm³/mol. The van der Waals surface area contributed by atoms with Crippen LogP contribution in [0.25, 0.3) is 10.8 Å². The van der Waals surface area contributed by atoms with Crippen molar-refractivity contribution in [3.05, 3.63) is 46.7 Å². The first-order chi connectivity index (χ1) is 11.2. The van der Waals surface area contributed by atoms with Crippen LogP contribution >= 0.6 is 39.5 Å². The van der Waals surface area contributed by atoms with E-state index in [0.717, 1.165) is 32.8 Å². The summed E-state index contributed by atoms with van der Waals surface area (Å²) in [7, 11) is 0. The quantitative estimate of drug-likeness (QED) is 0.384. The first kappa shape index (κ1) is 16.5. The Hall–Kier alpha value is -1.31. The molecule has 0 saturated heterocycles. The van der Waals surface area contributed by atoms with Crippen LogP contribution < -0.4 is 5.73 Å². The first-order valence-electron chi connectivity index (χ1n) is 7.01.